The van der Waals surface area contributed by atoms with Crippen LogP contribution >= 0.6 is 0 Å². The van der Waals surface area contributed by atoms with Crippen LogP contribution in [0.4, 0.5) is 13.2 Å². The summed E-state index contributed by atoms with van der Waals surface area (Å²) in [6.45, 7) is 0. The summed E-state index contributed by atoms with van der Waals surface area (Å²) in [5, 5.41) is 0. The van der Waals surface area contributed by atoms with Crippen molar-refractivity contribution in [3.8, 4) is 11.5 Å². The lowest BCUT2D eigenvalue weighted by atomic mass is 10.0. The van der Waals surface area contributed by atoms with E-state index in [1.165, 1.54) is 26.4 Å². The molecule has 3 nitrogen and oxygen atoms in total. The van der Waals surface area contributed by atoms with Crippen LogP contribution in [0.15, 0.2) is 42.5 Å². The monoisotopic (exact) mass is 338 g/mol. The van der Waals surface area contributed by atoms with Gasteiger partial charge in [-0.1, -0.05) is 24.3 Å². The molecule has 2 aromatic rings. The third kappa shape index (κ3) is 4.50. The number of benzene rings is 2. The Morgan fingerprint density at radius 3 is 2.12 bits per heavy atom. The topological polar surface area (TPSA) is 35.5 Å². The highest BCUT2D eigenvalue weighted by atomic mass is 19.4. The molecular weight excluding hydrogens is 321 g/mol. The van der Waals surface area contributed by atoms with Gasteiger partial charge in [-0.15, -0.1) is 0 Å². The van der Waals surface area contributed by atoms with E-state index < -0.39 is 11.7 Å². The number of methoxy groups -OCH3 is 2. The largest absolute Gasteiger partial charge is 0.493 e. The van der Waals surface area contributed by atoms with Crippen molar-refractivity contribution in [3.05, 3.63) is 59.2 Å². The van der Waals surface area contributed by atoms with Crippen LogP contribution < -0.4 is 9.47 Å². The molecule has 0 unspecified atom stereocenters. The average Bonchev–Trinajstić information content (AvgIpc) is 2.54. The Bertz CT molecular complexity index is 724. The minimum atomic E-state index is -4.41. The number of carbonyl (C=O) groups excluding carboxylic acids is 1. The molecule has 0 amide bonds. The summed E-state index contributed by atoms with van der Waals surface area (Å²) in [4.78, 5) is 12.1. The second kappa shape index (κ2) is 7.38. The van der Waals surface area contributed by atoms with Crippen LogP contribution in [-0.4, -0.2) is 20.0 Å². The van der Waals surface area contributed by atoms with Crippen molar-refractivity contribution in [1.29, 1.82) is 0 Å². The maximum absolute atomic E-state index is 12.7. The number of hydrogen-bond donors (Lipinski definition) is 0. The van der Waals surface area contributed by atoms with Gasteiger partial charge >= 0.3 is 6.18 Å². The van der Waals surface area contributed by atoms with E-state index in [0.717, 1.165) is 12.1 Å². The van der Waals surface area contributed by atoms with E-state index in [2.05, 4.69) is 0 Å². The number of hydrogen-bond acceptors (Lipinski definition) is 3. The quantitative estimate of drug-likeness (QED) is 0.796. The third-order valence-corrected chi connectivity index (χ3v) is 3.50. The summed E-state index contributed by atoms with van der Waals surface area (Å²) in [5.41, 5.74) is 0.304. The van der Waals surface area contributed by atoms with Gasteiger partial charge in [0.05, 0.1) is 19.8 Å². The molecule has 2 aromatic carbocycles. The second-order valence-electron chi connectivity index (χ2n) is 5.28. The van der Waals surface area contributed by atoms with E-state index in [1.54, 1.807) is 18.2 Å². The Balaban J connectivity index is 2.09. The Hall–Kier alpha value is -2.50. The van der Waals surface area contributed by atoms with Crippen LogP contribution in [0.5, 0.6) is 11.5 Å². The maximum atomic E-state index is 12.7. The highest BCUT2D eigenvalue weighted by molar-refractivity contribution is 5.83. The van der Waals surface area contributed by atoms with Gasteiger partial charge in [-0.3, -0.25) is 4.79 Å². The lowest BCUT2D eigenvalue weighted by Gasteiger charge is -2.10. The smallest absolute Gasteiger partial charge is 0.416 e. The molecule has 0 fully saturated rings. The number of ketones is 1. The molecule has 0 aliphatic rings. The summed E-state index contributed by atoms with van der Waals surface area (Å²) in [7, 11) is 3.00. The summed E-state index contributed by atoms with van der Waals surface area (Å²) in [5.74, 6) is 0.870. The molecule has 0 bridgehead atoms. The van der Waals surface area contributed by atoms with Crippen molar-refractivity contribution in [1.82, 2.24) is 0 Å². The first-order valence-corrected chi connectivity index (χ1v) is 7.22. The van der Waals surface area contributed by atoms with E-state index in [0.29, 0.717) is 22.6 Å². The van der Waals surface area contributed by atoms with E-state index in [-0.39, 0.29) is 18.6 Å². The van der Waals surface area contributed by atoms with Gasteiger partial charge in [-0.05, 0) is 29.3 Å². The van der Waals surface area contributed by atoms with Crippen LogP contribution in [0.25, 0.3) is 0 Å². The van der Waals surface area contributed by atoms with Gasteiger partial charge in [-0.2, -0.15) is 13.2 Å². The highest BCUT2D eigenvalue weighted by Gasteiger charge is 2.30. The van der Waals surface area contributed by atoms with Crippen LogP contribution in [0.2, 0.25) is 0 Å². The van der Waals surface area contributed by atoms with E-state index in [9.17, 15) is 18.0 Å². The van der Waals surface area contributed by atoms with Gasteiger partial charge in [0.2, 0.25) is 0 Å². The lowest BCUT2D eigenvalue weighted by Crippen LogP contribution is -2.09. The molecule has 0 aromatic heterocycles. The van der Waals surface area contributed by atoms with Gasteiger partial charge in [0.25, 0.3) is 0 Å². The summed E-state index contributed by atoms with van der Waals surface area (Å²) >= 11 is 0. The first-order chi connectivity index (χ1) is 11.3. The first kappa shape index (κ1) is 17.8. The van der Waals surface area contributed by atoms with Gasteiger partial charge < -0.3 is 9.47 Å². The van der Waals surface area contributed by atoms with Crippen LogP contribution in [0.1, 0.15) is 16.7 Å². The van der Waals surface area contributed by atoms with Crippen molar-refractivity contribution in [3.63, 3.8) is 0 Å². The minimum absolute atomic E-state index is 0.0573. The molecule has 0 aliphatic heterocycles. The van der Waals surface area contributed by atoms with E-state index in [4.69, 9.17) is 9.47 Å². The average molecular weight is 338 g/mol. The zero-order valence-electron chi connectivity index (χ0n) is 13.3. The molecule has 6 heteroatoms. The Morgan fingerprint density at radius 1 is 0.917 bits per heavy atom. The van der Waals surface area contributed by atoms with Gasteiger partial charge in [-0.25, -0.2) is 0 Å². The van der Waals surface area contributed by atoms with Crippen LogP contribution in [0.3, 0.4) is 0 Å². The van der Waals surface area contributed by atoms with Gasteiger partial charge in [0, 0.05) is 12.8 Å². The summed E-state index contributed by atoms with van der Waals surface area (Å²) < 4.78 is 48.4. The maximum Gasteiger partial charge on any atom is 0.416 e. The third-order valence-electron chi connectivity index (χ3n) is 3.50. The normalized spacial score (nSPS) is 11.2. The number of rotatable bonds is 6. The molecule has 2 rings (SSSR count). The lowest BCUT2D eigenvalue weighted by molar-refractivity contribution is -0.137. The molecule has 24 heavy (non-hydrogen) atoms. The van der Waals surface area contributed by atoms with Crippen molar-refractivity contribution in [2.75, 3.05) is 14.2 Å². The van der Waals surface area contributed by atoms with E-state index >= 15 is 0 Å². The predicted molar refractivity (Wildman–Crippen MR) is 83.4 cm³/mol. The molecule has 0 saturated heterocycles. The SMILES string of the molecule is COc1ccc(CC(=O)Cc2cccc(C(F)(F)F)c2)cc1OC. The van der Waals surface area contributed by atoms with Crippen molar-refractivity contribution in [2.24, 2.45) is 0 Å². The van der Waals surface area contributed by atoms with Crippen molar-refractivity contribution in [2.45, 2.75) is 19.0 Å². The molecule has 128 valence electrons. The molecule has 0 saturated carbocycles. The van der Waals surface area contributed by atoms with Gasteiger partial charge in [0.15, 0.2) is 11.5 Å². The van der Waals surface area contributed by atoms with Gasteiger partial charge in [0.1, 0.15) is 5.78 Å². The van der Waals surface area contributed by atoms with Crippen molar-refractivity contribution < 1.29 is 27.4 Å². The fraction of sp³-hybridized carbons (Fsp3) is 0.278. The Kier molecular flexibility index (Phi) is 5.49. The standard InChI is InChI=1S/C18H17F3O3/c1-23-16-7-6-13(11-17(16)24-2)10-15(22)9-12-4-3-5-14(8-12)18(19,20)21/h3-8,11H,9-10H2,1-2H3. The van der Waals surface area contributed by atoms with Crippen LogP contribution in [-0.2, 0) is 23.8 Å². The molecule has 0 spiro atoms. The van der Waals surface area contributed by atoms with Crippen molar-refractivity contribution >= 4 is 5.78 Å². The molecule has 0 heterocycles. The Morgan fingerprint density at radius 2 is 1.54 bits per heavy atom. The fourth-order valence-electron chi connectivity index (χ4n) is 2.37. The number of halogens is 3. The zero-order valence-corrected chi connectivity index (χ0v) is 13.3. The number of Topliss-reactive ketones (excluding diaryl/α,β-unsaturated/α-hetero) is 1. The summed E-state index contributed by atoms with van der Waals surface area (Å²) in [6.07, 6.45) is -4.36. The number of ether oxygens (including phenoxy) is 2. The minimum Gasteiger partial charge on any atom is -0.493 e. The van der Waals surface area contributed by atoms with E-state index in [1.807, 2.05) is 0 Å². The fourth-order valence-corrected chi connectivity index (χ4v) is 2.37. The molecule has 0 aliphatic carbocycles. The zero-order chi connectivity index (χ0) is 17.7. The predicted octanol–water partition coefficient (Wildman–Crippen LogP) is 4.08. The molecule has 0 radical (unpaired) electrons. The second-order valence-corrected chi connectivity index (χ2v) is 5.28. The first-order valence-electron chi connectivity index (χ1n) is 7.22. The molecule has 0 N–H and O–H groups in total. The molecule has 0 atom stereocenters. The molecular formula is C18H17F3O3. The summed E-state index contributed by atoms with van der Waals surface area (Å²) in [6, 6.07) is 9.92. The highest BCUT2D eigenvalue weighted by Crippen LogP contribution is 2.30. The number of carbonyl (C=O) groups is 1. The Labute approximate surface area is 138 Å². The number of alkyl halides is 3. The van der Waals surface area contributed by atoms with Crippen LogP contribution in [0, 0.1) is 0 Å².